The number of pyridine rings is 1. The van der Waals surface area contributed by atoms with Crippen LogP contribution >= 0.6 is 0 Å². The third-order valence-electron chi connectivity index (χ3n) is 1.96. The molecule has 0 aliphatic heterocycles. The van der Waals surface area contributed by atoms with Gasteiger partial charge in [-0.2, -0.15) is 0 Å². The molecule has 2 nitrogen and oxygen atoms in total. The summed E-state index contributed by atoms with van der Waals surface area (Å²) in [5.74, 6) is 0. The molecular formula is C10H16NO+. The molecule has 0 unspecified atom stereocenters. The normalized spacial score (nSPS) is 10.2. The standard InChI is InChI=1S/C10H16NO/c1-9-4-6-11(5-3-7-12)10(2)8-9/h4,6,8,12H,3,5,7H2,1-2H3/q+1. The SMILES string of the molecule is Cc1cc[n+](CCCO)c(C)c1. The smallest absolute Gasteiger partial charge is 0.178 e. The first-order valence-electron chi connectivity index (χ1n) is 4.31. The lowest BCUT2D eigenvalue weighted by molar-refractivity contribution is -0.703. The van der Waals surface area contributed by atoms with Crippen LogP contribution in [0.15, 0.2) is 18.3 Å². The fourth-order valence-corrected chi connectivity index (χ4v) is 1.28. The van der Waals surface area contributed by atoms with Crippen molar-refractivity contribution in [3.05, 3.63) is 29.6 Å². The van der Waals surface area contributed by atoms with Gasteiger partial charge in [0.1, 0.15) is 0 Å². The predicted molar refractivity (Wildman–Crippen MR) is 47.8 cm³/mol. The van der Waals surface area contributed by atoms with Crippen molar-refractivity contribution >= 4 is 0 Å². The second kappa shape index (κ2) is 4.21. The highest BCUT2D eigenvalue weighted by Gasteiger charge is 2.03. The van der Waals surface area contributed by atoms with Crippen LogP contribution in [0.25, 0.3) is 0 Å². The summed E-state index contributed by atoms with van der Waals surface area (Å²) in [6.07, 6.45) is 2.90. The van der Waals surface area contributed by atoms with E-state index in [0.717, 1.165) is 13.0 Å². The van der Waals surface area contributed by atoms with Crippen LogP contribution in [0.5, 0.6) is 0 Å². The minimum absolute atomic E-state index is 0.264. The summed E-state index contributed by atoms with van der Waals surface area (Å²) < 4.78 is 2.16. The van der Waals surface area contributed by atoms with E-state index < -0.39 is 0 Å². The Bertz CT molecular complexity index is 258. The molecule has 2 heteroatoms. The van der Waals surface area contributed by atoms with Crippen molar-refractivity contribution in [2.45, 2.75) is 26.8 Å². The molecule has 1 rings (SSSR count). The second-order valence-electron chi connectivity index (χ2n) is 3.12. The highest BCUT2D eigenvalue weighted by Crippen LogP contribution is 1.96. The number of hydrogen-bond donors (Lipinski definition) is 1. The number of rotatable bonds is 3. The Morgan fingerprint density at radius 3 is 2.75 bits per heavy atom. The Hall–Kier alpha value is -0.890. The van der Waals surface area contributed by atoms with E-state index in [9.17, 15) is 0 Å². The third kappa shape index (κ3) is 2.31. The van der Waals surface area contributed by atoms with Crippen molar-refractivity contribution in [2.75, 3.05) is 6.61 Å². The lowest BCUT2D eigenvalue weighted by Crippen LogP contribution is -2.37. The van der Waals surface area contributed by atoms with Crippen molar-refractivity contribution in [2.24, 2.45) is 0 Å². The van der Waals surface area contributed by atoms with Crippen molar-refractivity contribution in [1.29, 1.82) is 0 Å². The van der Waals surface area contributed by atoms with Crippen molar-refractivity contribution in [1.82, 2.24) is 0 Å². The van der Waals surface area contributed by atoms with Gasteiger partial charge in [0.05, 0.1) is 0 Å². The molecular weight excluding hydrogens is 150 g/mol. The van der Waals surface area contributed by atoms with E-state index in [0.29, 0.717) is 0 Å². The summed E-state index contributed by atoms with van der Waals surface area (Å²) in [5, 5.41) is 8.66. The summed E-state index contributed by atoms with van der Waals surface area (Å²) in [4.78, 5) is 0. The van der Waals surface area contributed by atoms with Gasteiger partial charge in [-0.15, -0.1) is 0 Å². The van der Waals surface area contributed by atoms with Gasteiger partial charge in [-0.3, -0.25) is 0 Å². The number of nitrogens with zero attached hydrogens (tertiary/aromatic N) is 1. The zero-order chi connectivity index (χ0) is 8.97. The van der Waals surface area contributed by atoms with Crippen LogP contribution in [0.4, 0.5) is 0 Å². The van der Waals surface area contributed by atoms with Crippen LogP contribution in [-0.4, -0.2) is 11.7 Å². The molecule has 0 saturated carbocycles. The fourth-order valence-electron chi connectivity index (χ4n) is 1.28. The molecule has 0 aliphatic carbocycles. The van der Waals surface area contributed by atoms with Crippen molar-refractivity contribution < 1.29 is 9.67 Å². The third-order valence-corrected chi connectivity index (χ3v) is 1.96. The number of aliphatic hydroxyl groups excluding tert-OH is 1. The molecule has 0 fully saturated rings. The Labute approximate surface area is 73.5 Å². The van der Waals surface area contributed by atoms with Gasteiger partial charge in [0.2, 0.25) is 0 Å². The summed E-state index contributed by atoms with van der Waals surface area (Å²) >= 11 is 0. The molecule has 1 heterocycles. The van der Waals surface area contributed by atoms with E-state index in [2.05, 4.69) is 36.7 Å². The van der Waals surface area contributed by atoms with E-state index in [1.165, 1.54) is 11.3 Å². The number of hydrogen-bond acceptors (Lipinski definition) is 1. The zero-order valence-corrected chi connectivity index (χ0v) is 7.75. The van der Waals surface area contributed by atoms with Gasteiger partial charge < -0.3 is 5.11 Å². The van der Waals surface area contributed by atoms with E-state index in [4.69, 9.17) is 5.11 Å². The topological polar surface area (TPSA) is 24.1 Å². The van der Waals surface area contributed by atoms with E-state index in [1.54, 1.807) is 0 Å². The van der Waals surface area contributed by atoms with Crippen LogP contribution in [0.1, 0.15) is 17.7 Å². The first-order valence-corrected chi connectivity index (χ1v) is 4.31. The Morgan fingerprint density at radius 1 is 1.42 bits per heavy atom. The molecule has 0 radical (unpaired) electrons. The largest absolute Gasteiger partial charge is 0.396 e. The van der Waals surface area contributed by atoms with E-state index in [-0.39, 0.29) is 6.61 Å². The monoisotopic (exact) mass is 166 g/mol. The highest BCUT2D eigenvalue weighted by molar-refractivity contribution is 5.08. The van der Waals surface area contributed by atoms with Gasteiger partial charge >= 0.3 is 0 Å². The highest BCUT2D eigenvalue weighted by atomic mass is 16.3. The maximum atomic E-state index is 8.66. The summed E-state index contributed by atoms with van der Waals surface area (Å²) in [6.45, 7) is 5.34. The first-order chi connectivity index (χ1) is 5.74. The molecule has 12 heavy (non-hydrogen) atoms. The Kier molecular flexibility index (Phi) is 3.23. The van der Waals surface area contributed by atoms with Crippen molar-refractivity contribution in [3.8, 4) is 0 Å². The quantitative estimate of drug-likeness (QED) is 0.665. The van der Waals surface area contributed by atoms with Gasteiger partial charge in [-0.1, -0.05) is 0 Å². The zero-order valence-electron chi connectivity index (χ0n) is 7.75. The maximum Gasteiger partial charge on any atom is 0.178 e. The van der Waals surface area contributed by atoms with Crippen molar-refractivity contribution in [3.63, 3.8) is 0 Å². The average molecular weight is 166 g/mol. The van der Waals surface area contributed by atoms with Crippen LogP contribution in [0.3, 0.4) is 0 Å². The van der Waals surface area contributed by atoms with Crippen LogP contribution in [0.2, 0.25) is 0 Å². The molecule has 0 atom stereocenters. The molecule has 1 N–H and O–H groups in total. The summed E-state index contributed by atoms with van der Waals surface area (Å²) in [6, 6.07) is 4.24. The molecule has 0 bridgehead atoms. The number of aliphatic hydroxyl groups is 1. The molecule has 0 amide bonds. The summed E-state index contributed by atoms with van der Waals surface area (Å²) in [7, 11) is 0. The van der Waals surface area contributed by atoms with Gasteiger partial charge in [0.25, 0.3) is 0 Å². The molecule has 1 aromatic heterocycles. The second-order valence-corrected chi connectivity index (χ2v) is 3.12. The number of aryl methyl sites for hydroxylation is 3. The molecule has 0 aliphatic rings. The van der Waals surface area contributed by atoms with E-state index >= 15 is 0 Å². The van der Waals surface area contributed by atoms with Gasteiger partial charge in [-0.05, 0) is 12.5 Å². The van der Waals surface area contributed by atoms with Crippen LogP contribution < -0.4 is 4.57 Å². The van der Waals surface area contributed by atoms with Gasteiger partial charge in [0.15, 0.2) is 18.4 Å². The van der Waals surface area contributed by atoms with E-state index in [1.807, 2.05) is 0 Å². The van der Waals surface area contributed by atoms with Crippen LogP contribution in [0, 0.1) is 13.8 Å². The minimum Gasteiger partial charge on any atom is -0.396 e. The predicted octanol–water partition coefficient (Wildman–Crippen LogP) is 0.973. The van der Waals surface area contributed by atoms with Gasteiger partial charge in [0, 0.05) is 32.1 Å². The fraction of sp³-hybridized carbons (Fsp3) is 0.500. The Morgan fingerprint density at radius 2 is 2.17 bits per heavy atom. The molecule has 0 spiro atoms. The first kappa shape index (κ1) is 9.20. The van der Waals surface area contributed by atoms with Crippen LogP contribution in [-0.2, 0) is 6.54 Å². The average Bonchev–Trinajstić information content (AvgIpc) is 2.03. The molecule has 0 aromatic carbocycles. The summed E-state index contributed by atoms with van der Waals surface area (Å²) in [5.41, 5.74) is 2.54. The Balaban J connectivity index is 2.72. The molecule has 66 valence electrons. The maximum absolute atomic E-state index is 8.66. The lowest BCUT2D eigenvalue weighted by Gasteiger charge is -1.99. The molecule has 0 saturated heterocycles. The minimum atomic E-state index is 0.264. The number of aromatic nitrogens is 1. The molecule has 1 aromatic rings. The van der Waals surface area contributed by atoms with Gasteiger partial charge in [-0.25, -0.2) is 4.57 Å². The lowest BCUT2D eigenvalue weighted by atomic mass is 10.2.